The Morgan fingerprint density at radius 2 is 1.69 bits per heavy atom. The Kier molecular flexibility index (Phi) is 9.21. The largest absolute Gasteiger partial charge is 0.355 e. The summed E-state index contributed by atoms with van der Waals surface area (Å²) in [5, 5.41) is 3.51. The minimum atomic E-state index is -3.85. The molecular formula is C21H24Cl3N3O4S. The molecule has 2 rings (SSSR count). The summed E-state index contributed by atoms with van der Waals surface area (Å²) in [5.74, 6) is -0.954. The third-order valence-electron chi connectivity index (χ3n) is 4.66. The van der Waals surface area contributed by atoms with E-state index in [0.29, 0.717) is 22.2 Å². The predicted octanol–water partition coefficient (Wildman–Crippen LogP) is 3.97. The molecule has 2 aromatic rings. The fraction of sp³-hybridized carbons (Fsp3) is 0.333. The van der Waals surface area contributed by atoms with Gasteiger partial charge in [0, 0.05) is 13.1 Å². The second-order valence-corrected chi connectivity index (χ2v) is 10.2. The van der Waals surface area contributed by atoms with Crippen LogP contribution in [0.2, 0.25) is 15.1 Å². The third kappa shape index (κ3) is 6.75. The summed E-state index contributed by atoms with van der Waals surface area (Å²) in [5.41, 5.74) is 0.803. The van der Waals surface area contributed by atoms with E-state index in [1.54, 1.807) is 44.2 Å². The molecule has 0 saturated carbocycles. The summed E-state index contributed by atoms with van der Waals surface area (Å²) < 4.78 is 25.9. The monoisotopic (exact) mass is 519 g/mol. The van der Waals surface area contributed by atoms with Crippen LogP contribution in [0.4, 0.5) is 5.69 Å². The van der Waals surface area contributed by atoms with Crippen LogP contribution in [0.25, 0.3) is 0 Å². The number of amides is 2. The van der Waals surface area contributed by atoms with E-state index >= 15 is 0 Å². The molecule has 11 heteroatoms. The maximum Gasteiger partial charge on any atom is 0.244 e. The summed E-state index contributed by atoms with van der Waals surface area (Å²) in [6, 6.07) is 10.3. The fourth-order valence-corrected chi connectivity index (χ4v) is 4.46. The first-order chi connectivity index (χ1) is 15.0. The minimum absolute atomic E-state index is 0.0220. The zero-order valence-electron chi connectivity index (χ0n) is 17.8. The average molecular weight is 521 g/mol. The van der Waals surface area contributed by atoms with Crippen molar-refractivity contribution in [2.75, 3.05) is 23.7 Å². The van der Waals surface area contributed by atoms with Crippen LogP contribution in [-0.2, 0) is 26.2 Å². The topological polar surface area (TPSA) is 86.8 Å². The number of hydrogen-bond donors (Lipinski definition) is 1. The zero-order valence-corrected chi connectivity index (χ0v) is 20.9. The number of anilines is 1. The molecule has 7 nitrogen and oxygen atoms in total. The van der Waals surface area contributed by atoms with E-state index < -0.39 is 28.5 Å². The van der Waals surface area contributed by atoms with Crippen molar-refractivity contribution in [1.82, 2.24) is 10.2 Å². The van der Waals surface area contributed by atoms with E-state index in [0.717, 1.165) is 10.6 Å². The van der Waals surface area contributed by atoms with Crippen molar-refractivity contribution in [3.05, 3.63) is 63.1 Å². The number of nitrogens with one attached hydrogen (secondary N) is 1. The molecule has 0 aromatic heterocycles. The van der Waals surface area contributed by atoms with Gasteiger partial charge in [0.25, 0.3) is 0 Å². The molecule has 0 aliphatic heterocycles. The molecule has 1 N–H and O–H groups in total. The number of halogens is 3. The Hall–Kier alpha value is -2.00. The normalized spacial score (nSPS) is 12.2. The van der Waals surface area contributed by atoms with E-state index in [1.807, 2.05) is 0 Å². The first-order valence-electron chi connectivity index (χ1n) is 9.69. The molecule has 0 aliphatic carbocycles. The molecule has 0 bridgehead atoms. The van der Waals surface area contributed by atoms with E-state index in [9.17, 15) is 18.0 Å². The van der Waals surface area contributed by atoms with E-state index in [4.69, 9.17) is 34.8 Å². The molecule has 174 valence electrons. The highest BCUT2D eigenvalue weighted by Gasteiger charge is 2.30. The lowest BCUT2D eigenvalue weighted by Crippen LogP contribution is -2.51. The lowest BCUT2D eigenvalue weighted by Gasteiger charge is -2.31. The van der Waals surface area contributed by atoms with Crippen molar-refractivity contribution in [3.63, 3.8) is 0 Å². The van der Waals surface area contributed by atoms with Crippen molar-refractivity contribution in [1.29, 1.82) is 0 Å². The van der Waals surface area contributed by atoms with Gasteiger partial charge in [0.15, 0.2) is 0 Å². The lowest BCUT2D eigenvalue weighted by molar-refractivity contribution is -0.139. The number of carbonyl (C=O) groups is 2. The number of carbonyl (C=O) groups excluding carboxylic acids is 2. The maximum atomic E-state index is 13.3. The molecule has 0 aliphatic rings. The van der Waals surface area contributed by atoms with E-state index in [2.05, 4.69) is 5.32 Å². The van der Waals surface area contributed by atoms with Crippen LogP contribution < -0.4 is 9.62 Å². The van der Waals surface area contributed by atoms with Crippen LogP contribution >= 0.6 is 34.8 Å². The molecule has 0 radical (unpaired) electrons. The third-order valence-corrected chi connectivity index (χ3v) is 6.84. The van der Waals surface area contributed by atoms with Crippen molar-refractivity contribution in [2.24, 2.45) is 0 Å². The van der Waals surface area contributed by atoms with Gasteiger partial charge in [0.2, 0.25) is 21.8 Å². The predicted molar refractivity (Wildman–Crippen MR) is 129 cm³/mol. The van der Waals surface area contributed by atoms with E-state index in [1.165, 1.54) is 17.0 Å². The number of sulfonamides is 1. The van der Waals surface area contributed by atoms with Crippen molar-refractivity contribution < 1.29 is 18.0 Å². The molecule has 0 spiro atoms. The number of likely N-dealkylation sites (N-methyl/N-ethyl adjacent to an activating group) is 1. The van der Waals surface area contributed by atoms with Crippen molar-refractivity contribution in [3.8, 4) is 0 Å². The molecule has 2 amide bonds. The summed E-state index contributed by atoms with van der Waals surface area (Å²) in [4.78, 5) is 27.1. The van der Waals surface area contributed by atoms with Crippen LogP contribution in [-0.4, -0.2) is 50.5 Å². The minimum Gasteiger partial charge on any atom is -0.355 e. The standard InChI is InChI=1S/C21H24Cl3N3O4S/c1-4-25-21(29)14(2)26(12-15-9-10-16(22)18(24)11-15)20(28)13-27(32(3,30)31)19-8-6-5-7-17(19)23/h5-11,14H,4,12-13H2,1-3H3,(H,25,29). The van der Waals surface area contributed by atoms with Crippen LogP contribution in [0.5, 0.6) is 0 Å². The highest BCUT2D eigenvalue weighted by molar-refractivity contribution is 7.92. The van der Waals surface area contributed by atoms with E-state index in [-0.39, 0.29) is 23.2 Å². The highest BCUT2D eigenvalue weighted by atomic mass is 35.5. The van der Waals surface area contributed by atoms with Crippen molar-refractivity contribution >= 4 is 62.3 Å². The number of para-hydroxylation sites is 1. The molecule has 1 unspecified atom stereocenters. The van der Waals surface area contributed by atoms with Gasteiger partial charge in [0.1, 0.15) is 12.6 Å². The van der Waals surface area contributed by atoms with Gasteiger partial charge in [-0.2, -0.15) is 0 Å². The Morgan fingerprint density at radius 3 is 2.25 bits per heavy atom. The van der Waals surface area contributed by atoms with Crippen molar-refractivity contribution in [2.45, 2.75) is 26.4 Å². The average Bonchev–Trinajstić information content (AvgIpc) is 2.72. The Labute approximate surface area is 203 Å². The smallest absolute Gasteiger partial charge is 0.244 e. The Bertz CT molecular complexity index is 1100. The van der Waals surface area contributed by atoms with Crippen LogP contribution in [0.15, 0.2) is 42.5 Å². The summed E-state index contributed by atoms with van der Waals surface area (Å²) in [6.45, 7) is 3.20. The van der Waals surface area contributed by atoms with Gasteiger partial charge in [-0.3, -0.25) is 13.9 Å². The van der Waals surface area contributed by atoms with Gasteiger partial charge < -0.3 is 10.2 Å². The molecule has 1 atom stereocenters. The molecule has 32 heavy (non-hydrogen) atoms. The lowest BCUT2D eigenvalue weighted by atomic mass is 10.1. The molecule has 0 saturated heterocycles. The van der Waals surface area contributed by atoms with Gasteiger partial charge >= 0.3 is 0 Å². The number of rotatable bonds is 9. The van der Waals surface area contributed by atoms with Gasteiger partial charge in [0.05, 0.1) is 27.0 Å². The van der Waals surface area contributed by atoms with Crippen LogP contribution in [0, 0.1) is 0 Å². The highest BCUT2D eigenvalue weighted by Crippen LogP contribution is 2.28. The summed E-state index contributed by atoms with van der Waals surface area (Å²) >= 11 is 18.2. The first-order valence-corrected chi connectivity index (χ1v) is 12.7. The number of nitrogens with zero attached hydrogens (tertiary/aromatic N) is 2. The van der Waals surface area contributed by atoms with Gasteiger partial charge in [-0.05, 0) is 43.7 Å². The second-order valence-electron chi connectivity index (χ2n) is 7.06. The zero-order chi connectivity index (χ0) is 24.1. The number of benzene rings is 2. The Morgan fingerprint density at radius 1 is 1.03 bits per heavy atom. The number of hydrogen-bond acceptors (Lipinski definition) is 4. The second kappa shape index (κ2) is 11.2. The Balaban J connectivity index is 2.41. The summed E-state index contributed by atoms with van der Waals surface area (Å²) in [7, 11) is -3.85. The SMILES string of the molecule is CCNC(=O)C(C)N(Cc1ccc(Cl)c(Cl)c1)C(=O)CN(c1ccccc1Cl)S(C)(=O)=O. The van der Waals surface area contributed by atoms with Gasteiger partial charge in [-0.1, -0.05) is 53.0 Å². The quantitative estimate of drug-likeness (QED) is 0.542. The molecule has 0 fully saturated rings. The maximum absolute atomic E-state index is 13.3. The first kappa shape index (κ1) is 26.3. The molecular weight excluding hydrogens is 497 g/mol. The summed E-state index contributed by atoms with van der Waals surface area (Å²) in [6.07, 6.45) is 0.986. The van der Waals surface area contributed by atoms with Crippen LogP contribution in [0.1, 0.15) is 19.4 Å². The fourth-order valence-electron chi connectivity index (χ4n) is 2.99. The van der Waals surface area contributed by atoms with Crippen LogP contribution in [0.3, 0.4) is 0 Å². The van der Waals surface area contributed by atoms with Gasteiger partial charge in [-0.25, -0.2) is 8.42 Å². The van der Waals surface area contributed by atoms with Gasteiger partial charge in [-0.15, -0.1) is 0 Å². The molecule has 2 aromatic carbocycles. The molecule has 0 heterocycles.